The van der Waals surface area contributed by atoms with Gasteiger partial charge in [0.1, 0.15) is 23.5 Å². The van der Waals surface area contributed by atoms with E-state index in [1.165, 1.54) is 6.42 Å². The Hall–Kier alpha value is -3.41. The van der Waals surface area contributed by atoms with Gasteiger partial charge in [-0.2, -0.15) is 0 Å². The highest BCUT2D eigenvalue weighted by molar-refractivity contribution is 6.08. The number of nitrogens with zero attached hydrogens (tertiary/aromatic N) is 3. The van der Waals surface area contributed by atoms with Crippen LogP contribution in [0.25, 0.3) is 22.2 Å². The van der Waals surface area contributed by atoms with Gasteiger partial charge in [-0.25, -0.2) is 14.8 Å². The standard InChI is InChI=1S/C24H24N4O2/c25-22-20(24(29)30-15-16-9-3-1-4-10-16)21-23(28(22)17-11-5-2-6-12-17)27-19-14-8-7-13-18(19)26-21/h1,3-4,7-10,13-14,17H,2,5-6,11-12,15,25H2. The number of anilines is 1. The second-order valence-electron chi connectivity index (χ2n) is 7.87. The highest BCUT2D eigenvalue weighted by Gasteiger charge is 2.29. The van der Waals surface area contributed by atoms with Crippen LogP contribution in [0.15, 0.2) is 54.6 Å². The molecule has 6 nitrogen and oxygen atoms in total. The third-order valence-electron chi connectivity index (χ3n) is 5.89. The summed E-state index contributed by atoms with van der Waals surface area (Å²) in [6.07, 6.45) is 5.59. The summed E-state index contributed by atoms with van der Waals surface area (Å²) in [6.45, 7) is 0.191. The molecule has 2 aromatic carbocycles. The van der Waals surface area contributed by atoms with Gasteiger partial charge in [0.2, 0.25) is 0 Å². The Morgan fingerprint density at radius 3 is 2.37 bits per heavy atom. The van der Waals surface area contributed by atoms with Crippen LogP contribution >= 0.6 is 0 Å². The number of carbonyl (C=O) groups excluding carboxylic acids is 1. The lowest BCUT2D eigenvalue weighted by atomic mass is 9.95. The Morgan fingerprint density at radius 2 is 1.63 bits per heavy atom. The first-order valence-electron chi connectivity index (χ1n) is 10.5. The van der Waals surface area contributed by atoms with Crippen LogP contribution < -0.4 is 5.73 Å². The number of rotatable bonds is 4. The lowest BCUT2D eigenvalue weighted by molar-refractivity contribution is 0.0476. The fourth-order valence-electron chi connectivity index (χ4n) is 4.39. The van der Waals surface area contributed by atoms with Gasteiger partial charge >= 0.3 is 5.97 Å². The summed E-state index contributed by atoms with van der Waals surface area (Å²) in [5, 5.41) is 0. The van der Waals surface area contributed by atoms with Crippen molar-refractivity contribution in [3.8, 4) is 0 Å². The average Bonchev–Trinajstić information content (AvgIpc) is 3.08. The predicted molar refractivity (Wildman–Crippen MR) is 117 cm³/mol. The van der Waals surface area contributed by atoms with Gasteiger partial charge in [-0.05, 0) is 30.5 Å². The van der Waals surface area contributed by atoms with E-state index in [4.69, 9.17) is 20.4 Å². The van der Waals surface area contributed by atoms with E-state index < -0.39 is 5.97 Å². The predicted octanol–water partition coefficient (Wildman–Crippen LogP) is 5.03. The third-order valence-corrected chi connectivity index (χ3v) is 5.89. The SMILES string of the molecule is Nc1c(C(=O)OCc2ccccc2)c2nc3ccccc3nc2n1C1CCCCC1. The number of para-hydroxylation sites is 2. The zero-order valence-electron chi connectivity index (χ0n) is 16.8. The molecule has 0 amide bonds. The molecule has 2 heterocycles. The quantitative estimate of drug-likeness (QED) is 0.486. The Bertz CT molecular complexity index is 1210. The summed E-state index contributed by atoms with van der Waals surface area (Å²) < 4.78 is 7.64. The van der Waals surface area contributed by atoms with Crippen molar-refractivity contribution in [2.75, 3.05) is 5.73 Å². The van der Waals surface area contributed by atoms with Crippen LogP contribution in [-0.2, 0) is 11.3 Å². The number of ether oxygens (including phenoxy) is 1. The molecule has 0 bridgehead atoms. The number of hydrogen-bond acceptors (Lipinski definition) is 5. The topological polar surface area (TPSA) is 83.0 Å². The second kappa shape index (κ2) is 7.78. The summed E-state index contributed by atoms with van der Waals surface area (Å²) in [5.41, 5.74) is 10.5. The van der Waals surface area contributed by atoms with Crippen LogP contribution in [0.5, 0.6) is 0 Å². The zero-order chi connectivity index (χ0) is 20.5. The number of esters is 1. The lowest BCUT2D eigenvalue weighted by Crippen LogP contribution is -2.16. The monoisotopic (exact) mass is 400 g/mol. The van der Waals surface area contributed by atoms with Gasteiger partial charge in [0.05, 0.1) is 11.0 Å². The Labute approximate surface area is 174 Å². The molecule has 0 radical (unpaired) electrons. The molecule has 0 unspecified atom stereocenters. The summed E-state index contributed by atoms with van der Waals surface area (Å²) in [6, 6.07) is 17.5. The normalized spacial score (nSPS) is 14.9. The van der Waals surface area contributed by atoms with Gasteiger partial charge in [-0.15, -0.1) is 0 Å². The van der Waals surface area contributed by atoms with Gasteiger partial charge in [-0.1, -0.05) is 61.7 Å². The summed E-state index contributed by atoms with van der Waals surface area (Å²) in [5.74, 6) is -0.0502. The molecule has 5 rings (SSSR count). The largest absolute Gasteiger partial charge is 0.457 e. The van der Waals surface area contributed by atoms with Crippen LogP contribution in [0, 0.1) is 0 Å². The average molecular weight is 400 g/mol. The molecular weight excluding hydrogens is 376 g/mol. The van der Waals surface area contributed by atoms with Crippen molar-refractivity contribution in [3.05, 3.63) is 65.7 Å². The van der Waals surface area contributed by atoms with Crippen LogP contribution in [0.1, 0.15) is 54.1 Å². The maximum absolute atomic E-state index is 13.1. The summed E-state index contributed by atoms with van der Waals surface area (Å²) >= 11 is 0. The molecule has 1 aliphatic rings. The molecule has 4 aromatic rings. The molecule has 0 atom stereocenters. The first kappa shape index (κ1) is 18.6. The molecule has 2 aromatic heterocycles. The number of nitrogens with two attached hydrogens (primary N) is 1. The maximum atomic E-state index is 13.1. The van der Waals surface area contributed by atoms with E-state index >= 15 is 0 Å². The minimum Gasteiger partial charge on any atom is -0.457 e. The summed E-state index contributed by atoms with van der Waals surface area (Å²) in [4.78, 5) is 22.7. The van der Waals surface area contributed by atoms with Crippen LogP contribution in [0.2, 0.25) is 0 Å². The molecule has 152 valence electrons. The molecule has 1 aliphatic carbocycles. The number of nitrogen functional groups attached to an aromatic ring is 1. The third kappa shape index (κ3) is 3.28. The van der Waals surface area contributed by atoms with E-state index in [1.807, 2.05) is 59.2 Å². The van der Waals surface area contributed by atoms with Crippen LogP contribution in [-0.4, -0.2) is 20.5 Å². The van der Waals surface area contributed by atoms with E-state index in [1.54, 1.807) is 0 Å². The van der Waals surface area contributed by atoms with Crippen molar-refractivity contribution in [2.24, 2.45) is 0 Å². The van der Waals surface area contributed by atoms with E-state index in [-0.39, 0.29) is 12.6 Å². The molecule has 6 heteroatoms. The van der Waals surface area contributed by atoms with E-state index in [2.05, 4.69) is 0 Å². The Kier molecular flexibility index (Phi) is 4.83. The number of hydrogen-bond donors (Lipinski definition) is 1. The first-order chi connectivity index (χ1) is 14.7. The minimum atomic E-state index is -0.458. The van der Waals surface area contributed by atoms with Crippen molar-refractivity contribution in [1.29, 1.82) is 0 Å². The van der Waals surface area contributed by atoms with Gasteiger partial charge in [0.15, 0.2) is 5.65 Å². The fraction of sp³-hybridized carbons (Fsp3) is 0.292. The smallest absolute Gasteiger partial charge is 0.344 e. The first-order valence-corrected chi connectivity index (χ1v) is 10.5. The molecule has 1 fully saturated rings. The summed E-state index contributed by atoms with van der Waals surface area (Å²) in [7, 11) is 0. The van der Waals surface area contributed by atoms with Crippen molar-refractivity contribution in [3.63, 3.8) is 0 Å². The number of carbonyl (C=O) groups is 1. The van der Waals surface area contributed by atoms with Crippen molar-refractivity contribution >= 4 is 34.0 Å². The highest BCUT2D eigenvalue weighted by atomic mass is 16.5. The maximum Gasteiger partial charge on any atom is 0.344 e. The molecule has 0 spiro atoms. The van der Waals surface area contributed by atoms with Gasteiger partial charge < -0.3 is 15.0 Å². The molecule has 0 aliphatic heterocycles. The zero-order valence-corrected chi connectivity index (χ0v) is 16.8. The van der Waals surface area contributed by atoms with Crippen molar-refractivity contribution < 1.29 is 9.53 Å². The van der Waals surface area contributed by atoms with Crippen LogP contribution in [0.4, 0.5) is 5.82 Å². The second-order valence-corrected chi connectivity index (χ2v) is 7.87. The van der Waals surface area contributed by atoms with Gasteiger partial charge in [-0.3, -0.25) is 0 Å². The fourth-order valence-corrected chi connectivity index (χ4v) is 4.39. The van der Waals surface area contributed by atoms with E-state index in [0.717, 1.165) is 42.3 Å². The highest BCUT2D eigenvalue weighted by Crippen LogP contribution is 2.37. The van der Waals surface area contributed by atoms with Crippen LogP contribution in [0.3, 0.4) is 0 Å². The molecular formula is C24H24N4O2. The van der Waals surface area contributed by atoms with E-state index in [9.17, 15) is 4.79 Å². The molecule has 0 saturated heterocycles. The van der Waals surface area contributed by atoms with Crippen molar-refractivity contribution in [2.45, 2.75) is 44.8 Å². The Morgan fingerprint density at radius 1 is 0.967 bits per heavy atom. The minimum absolute atomic E-state index is 0.191. The van der Waals surface area contributed by atoms with Crippen molar-refractivity contribution in [1.82, 2.24) is 14.5 Å². The molecule has 30 heavy (non-hydrogen) atoms. The number of aromatic nitrogens is 3. The van der Waals surface area contributed by atoms with Gasteiger partial charge in [0.25, 0.3) is 0 Å². The van der Waals surface area contributed by atoms with Gasteiger partial charge in [0, 0.05) is 6.04 Å². The van der Waals surface area contributed by atoms with E-state index in [0.29, 0.717) is 22.5 Å². The lowest BCUT2D eigenvalue weighted by Gasteiger charge is -2.24. The number of benzene rings is 2. The number of fused-ring (bicyclic) bond motifs is 2. The molecule has 1 saturated carbocycles. The molecule has 2 N–H and O–H groups in total. The Balaban J connectivity index is 1.61.